The number of nitrogens with zero attached hydrogens (tertiary/aromatic N) is 2. The fraction of sp³-hybridized carbons (Fsp3) is 0.643. The van der Waals surface area contributed by atoms with E-state index in [-0.39, 0.29) is 0 Å². The Morgan fingerprint density at radius 1 is 1.47 bits per heavy atom. The molecule has 0 radical (unpaired) electrons. The van der Waals surface area contributed by atoms with E-state index in [9.17, 15) is 0 Å². The molecule has 17 heavy (non-hydrogen) atoms. The Bertz CT molecular complexity index is 374. The first-order valence-electron chi connectivity index (χ1n) is 6.68. The quantitative estimate of drug-likeness (QED) is 0.873. The van der Waals surface area contributed by atoms with Crippen molar-refractivity contribution >= 4 is 5.82 Å². The number of hydrogen-bond acceptors (Lipinski definition) is 3. The second kappa shape index (κ2) is 5.50. The molecule has 0 aliphatic carbocycles. The number of pyridine rings is 1. The van der Waals surface area contributed by atoms with Gasteiger partial charge in [-0.3, -0.25) is 4.90 Å². The van der Waals surface area contributed by atoms with Crippen molar-refractivity contribution in [3.8, 4) is 0 Å². The smallest absolute Gasteiger partial charge is 0.126 e. The minimum Gasteiger partial charge on any atom is -0.383 e. The van der Waals surface area contributed by atoms with Gasteiger partial charge in [0.15, 0.2) is 0 Å². The summed E-state index contributed by atoms with van der Waals surface area (Å²) in [4.78, 5) is 6.89. The van der Waals surface area contributed by atoms with Gasteiger partial charge in [-0.15, -0.1) is 0 Å². The Morgan fingerprint density at radius 3 is 3.00 bits per heavy atom. The molecule has 1 aromatic heterocycles. The maximum Gasteiger partial charge on any atom is 0.126 e. The first-order valence-corrected chi connectivity index (χ1v) is 6.68. The highest BCUT2D eigenvalue weighted by Gasteiger charge is 2.23. The number of nitrogens with two attached hydrogens (primary N) is 1. The maximum atomic E-state index is 5.79. The molecule has 0 saturated carbocycles. The molecular weight excluding hydrogens is 210 g/mol. The lowest BCUT2D eigenvalue weighted by molar-refractivity contribution is 0.149. The predicted molar refractivity (Wildman–Crippen MR) is 71.8 cm³/mol. The molecule has 1 aliphatic rings. The van der Waals surface area contributed by atoms with Crippen LogP contribution in [0.5, 0.6) is 0 Å². The highest BCUT2D eigenvalue weighted by atomic mass is 15.2. The summed E-state index contributed by atoms with van der Waals surface area (Å²) in [5, 5.41) is 0. The third-order valence-electron chi connectivity index (χ3n) is 3.65. The molecule has 1 aromatic rings. The molecule has 1 atom stereocenters. The standard InChI is InChI=1S/C14H23N3/c1-3-7-17-8-5-4-6-13(17)12-9-11(2)14(15)16-10-12/h9-10,13H,3-8H2,1-2H3,(H2,15,16)/t13-/m1/s1. The van der Waals surface area contributed by atoms with E-state index in [4.69, 9.17) is 5.73 Å². The van der Waals surface area contributed by atoms with Crippen molar-refractivity contribution < 1.29 is 0 Å². The SMILES string of the molecule is CCCN1CCCC[C@@H]1c1cnc(N)c(C)c1. The molecule has 94 valence electrons. The fourth-order valence-corrected chi connectivity index (χ4v) is 2.71. The van der Waals surface area contributed by atoms with Crippen molar-refractivity contribution in [3.63, 3.8) is 0 Å². The van der Waals surface area contributed by atoms with Gasteiger partial charge in [-0.05, 0) is 56.5 Å². The van der Waals surface area contributed by atoms with Crippen molar-refractivity contribution in [3.05, 3.63) is 23.4 Å². The van der Waals surface area contributed by atoms with Crippen LogP contribution in [0.4, 0.5) is 5.82 Å². The number of likely N-dealkylation sites (tertiary alicyclic amines) is 1. The molecule has 1 aliphatic heterocycles. The number of rotatable bonds is 3. The summed E-state index contributed by atoms with van der Waals surface area (Å²) in [6.45, 7) is 6.70. The van der Waals surface area contributed by atoms with E-state index in [1.54, 1.807) is 0 Å². The van der Waals surface area contributed by atoms with E-state index < -0.39 is 0 Å². The van der Waals surface area contributed by atoms with E-state index in [1.165, 1.54) is 44.3 Å². The Kier molecular flexibility index (Phi) is 4.00. The zero-order valence-corrected chi connectivity index (χ0v) is 10.9. The predicted octanol–water partition coefficient (Wildman–Crippen LogP) is 2.91. The van der Waals surface area contributed by atoms with Gasteiger partial charge in [0.25, 0.3) is 0 Å². The second-order valence-corrected chi connectivity index (χ2v) is 5.02. The summed E-state index contributed by atoms with van der Waals surface area (Å²) in [6.07, 6.45) is 7.09. The molecule has 3 heteroatoms. The van der Waals surface area contributed by atoms with Gasteiger partial charge >= 0.3 is 0 Å². The zero-order chi connectivity index (χ0) is 12.3. The van der Waals surface area contributed by atoms with Crippen LogP contribution >= 0.6 is 0 Å². The van der Waals surface area contributed by atoms with Gasteiger partial charge in [-0.2, -0.15) is 0 Å². The number of piperidine rings is 1. The second-order valence-electron chi connectivity index (χ2n) is 5.02. The van der Waals surface area contributed by atoms with Gasteiger partial charge < -0.3 is 5.73 Å². The average Bonchev–Trinajstić information content (AvgIpc) is 2.34. The number of aromatic nitrogens is 1. The van der Waals surface area contributed by atoms with Crippen molar-refractivity contribution in [2.75, 3.05) is 18.8 Å². The van der Waals surface area contributed by atoms with Crippen molar-refractivity contribution in [1.29, 1.82) is 0 Å². The van der Waals surface area contributed by atoms with Crippen LogP contribution < -0.4 is 5.73 Å². The van der Waals surface area contributed by atoms with Gasteiger partial charge in [0.1, 0.15) is 5.82 Å². The summed E-state index contributed by atoms with van der Waals surface area (Å²) >= 11 is 0. The van der Waals surface area contributed by atoms with Crippen LogP contribution in [0, 0.1) is 6.92 Å². The summed E-state index contributed by atoms with van der Waals surface area (Å²) in [6, 6.07) is 2.76. The Labute approximate surface area is 104 Å². The van der Waals surface area contributed by atoms with Crippen LogP contribution in [0.2, 0.25) is 0 Å². The third kappa shape index (κ3) is 2.78. The molecule has 0 bridgehead atoms. The van der Waals surface area contributed by atoms with E-state index in [2.05, 4.69) is 22.9 Å². The summed E-state index contributed by atoms with van der Waals surface area (Å²) in [5.41, 5.74) is 8.23. The van der Waals surface area contributed by atoms with Crippen molar-refractivity contribution in [2.45, 2.75) is 45.6 Å². The van der Waals surface area contributed by atoms with Crippen LogP contribution in [0.1, 0.15) is 49.8 Å². The number of aryl methyl sites for hydroxylation is 1. The lowest BCUT2D eigenvalue weighted by Crippen LogP contribution is -2.34. The first-order chi connectivity index (χ1) is 8.22. The summed E-state index contributed by atoms with van der Waals surface area (Å²) in [5.74, 6) is 0.659. The average molecular weight is 233 g/mol. The van der Waals surface area contributed by atoms with Crippen LogP contribution in [0.3, 0.4) is 0 Å². The first kappa shape index (κ1) is 12.4. The Balaban J connectivity index is 2.20. The molecule has 0 aromatic carbocycles. The van der Waals surface area contributed by atoms with Crippen LogP contribution in [0.25, 0.3) is 0 Å². The molecule has 2 rings (SSSR count). The molecule has 1 fully saturated rings. The number of nitrogen functional groups attached to an aromatic ring is 1. The summed E-state index contributed by atoms with van der Waals surface area (Å²) < 4.78 is 0. The monoisotopic (exact) mass is 233 g/mol. The van der Waals surface area contributed by atoms with Crippen molar-refractivity contribution in [2.24, 2.45) is 0 Å². The van der Waals surface area contributed by atoms with E-state index in [0.717, 1.165) is 5.56 Å². The largest absolute Gasteiger partial charge is 0.383 e. The fourth-order valence-electron chi connectivity index (χ4n) is 2.71. The summed E-state index contributed by atoms with van der Waals surface area (Å²) in [7, 11) is 0. The lowest BCUT2D eigenvalue weighted by atomic mass is 9.95. The van der Waals surface area contributed by atoms with Crippen LogP contribution in [-0.4, -0.2) is 23.0 Å². The van der Waals surface area contributed by atoms with Gasteiger partial charge in [-0.25, -0.2) is 4.98 Å². The highest BCUT2D eigenvalue weighted by Crippen LogP contribution is 2.31. The number of anilines is 1. The molecule has 2 N–H and O–H groups in total. The highest BCUT2D eigenvalue weighted by molar-refractivity contribution is 5.40. The molecule has 0 unspecified atom stereocenters. The van der Waals surface area contributed by atoms with Crippen LogP contribution in [-0.2, 0) is 0 Å². The van der Waals surface area contributed by atoms with Gasteiger partial charge in [0.05, 0.1) is 0 Å². The van der Waals surface area contributed by atoms with E-state index in [0.29, 0.717) is 11.9 Å². The third-order valence-corrected chi connectivity index (χ3v) is 3.65. The Hall–Kier alpha value is -1.09. The van der Waals surface area contributed by atoms with Gasteiger partial charge in [-0.1, -0.05) is 13.3 Å². The topological polar surface area (TPSA) is 42.2 Å². The lowest BCUT2D eigenvalue weighted by Gasteiger charge is -2.35. The minimum absolute atomic E-state index is 0.551. The van der Waals surface area contributed by atoms with Gasteiger partial charge in [0, 0.05) is 12.2 Å². The Morgan fingerprint density at radius 2 is 2.29 bits per heavy atom. The van der Waals surface area contributed by atoms with Crippen LogP contribution in [0.15, 0.2) is 12.3 Å². The molecule has 0 spiro atoms. The van der Waals surface area contributed by atoms with Crippen molar-refractivity contribution in [1.82, 2.24) is 9.88 Å². The molecular formula is C14H23N3. The minimum atomic E-state index is 0.551. The maximum absolute atomic E-state index is 5.79. The van der Waals surface area contributed by atoms with Gasteiger partial charge in [0.2, 0.25) is 0 Å². The molecule has 3 nitrogen and oxygen atoms in total. The zero-order valence-electron chi connectivity index (χ0n) is 10.9. The van der Waals surface area contributed by atoms with E-state index in [1.807, 2.05) is 13.1 Å². The normalized spacial score (nSPS) is 21.6. The number of hydrogen-bond donors (Lipinski definition) is 1. The van der Waals surface area contributed by atoms with E-state index >= 15 is 0 Å². The molecule has 1 saturated heterocycles. The molecule has 2 heterocycles. The molecule has 0 amide bonds.